The Balaban J connectivity index is 2.34. The molecule has 0 amide bonds. The van der Waals surface area contributed by atoms with Crippen molar-refractivity contribution >= 4 is 12.0 Å². The second kappa shape index (κ2) is 5.91. The molecule has 0 atom stereocenters. The number of rotatable bonds is 5. The van der Waals surface area contributed by atoms with Crippen LogP contribution in [0.15, 0.2) is 35.5 Å². The lowest BCUT2D eigenvalue weighted by atomic mass is 10.1. The lowest BCUT2D eigenvalue weighted by Gasteiger charge is -1.99. The van der Waals surface area contributed by atoms with Gasteiger partial charge in [0.15, 0.2) is 12.4 Å². The third-order valence-electron chi connectivity index (χ3n) is 1.65. The quantitative estimate of drug-likeness (QED) is 0.526. The SMILES string of the molecule is C/C=N/OCC(=O)Cc1ccccc1. The minimum atomic E-state index is 0.0294. The van der Waals surface area contributed by atoms with E-state index in [-0.39, 0.29) is 12.4 Å². The Morgan fingerprint density at radius 3 is 2.79 bits per heavy atom. The van der Waals surface area contributed by atoms with Gasteiger partial charge in [-0.2, -0.15) is 0 Å². The van der Waals surface area contributed by atoms with E-state index in [1.807, 2.05) is 30.3 Å². The van der Waals surface area contributed by atoms with E-state index < -0.39 is 0 Å². The van der Waals surface area contributed by atoms with Crippen LogP contribution in [-0.4, -0.2) is 18.6 Å². The van der Waals surface area contributed by atoms with Crippen LogP contribution in [0, 0.1) is 0 Å². The normalized spacial score (nSPS) is 10.4. The monoisotopic (exact) mass is 191 g/mol. The molecule has 0 fully saturated rings. The van der Waals surface area contributed by atoms with Gasteiger partial charge < -0.3 is 4.84 Å². The summed E-state index contributed by atoms with van der Waals surface area (Å²) in [7, 11) is 0. The zero-order chi connectivity index (χ0) is 10.2. The first-order valence-corrected chi connectivity index (χ1v) is 4.48. The van der Waals surface area contributed by atoms with Crippen molar-refractivity contribution in [3.05, 3.63) is 35.9 Å². The van der Waals surface area contributed by atoms with Crippen LogP contribution >= 0.6 is 0 Å². The predicted octanol–water partition coefficient (Wildman–Crippen LogP) is 1.82. The van der Waals surface area contributed by atoms with Crippen LogP contribution in [0.25, 0.3) is 0 Å². The second-order valence-corrected chi connectivity index (χ2v) is 2.84. The van der Waals surface area contributed by atoms with Gasteiger partial charge >= 0.3 is 0 Å². The minimum absolute atomic E-state index is 0.0294. The Labute approximate surface area is 83.4 Å². The molecule has 3 heteroatoms. The van der Waals surface area contributed by atoms with Crippen LogP contribution in [0.1, 0.15) is 12.5 Å². The van der Waals surface area contributed by atoms with E-state index in [1.54, 1.807) is 6.92 Å². The lowest BCUT2D eigenvalue weighted by Crippen LogP contribution is -2.09. The van der Waals surface area contributed by atoms with E-state index in [9.17, 15) is 4.79 Å². The molecule has 0 aliphatic heterocycles. The number of carbonyl (C=O) groups excluding carboxylic acids is 1. The highest BCUT2D eigenvalue weighted by atomic mass is 16.6. The fourth-order valence-corrected chi connectivity index (χ4v) is 1.06. The Morgan fingerprint density at radius 2 is 2.14 bits per heavy atom. The van der Waals surface area contributed by atoms with Crippen molar-refractivity contribution in [2.24, 2.45) is 5.16 Å². The minimum Gasteiger partial charge on any atom is -0.388 e. The lowest BCUT2D eigenvalue weighted by molar-refractivity contribution is -0.122. The van der Waals surface area contributed by atoms with Gasteiger partial charge in [0, 0.05) is 12.6 Å². The Morgan fingerprint density at radius 1 is 1.43 bits per heavy atom. The highest BCUT2D eigenvalue weighted by molar-refractivity contribution is 5.82. The number of ketones is 1. The van der Waals surface area contributed by atoms with Gasteiger partial charge in [0.2, 0.25) is 0 Å². The summed E-state index contributed by atoms with van der Waals surface area (Å²) in [5.74, 6) is 0.0294. The Hall–Kier alpha value is -1.64. The fourth-order valence-electron chi connectivity index (χ4n) is 1.06. The maximum atomic E-state index is 11.3. The third-order valence-corrected chi connectivity index (χ3v) is 1.65. The topological polar surface area (TPSA) is 38.7 Å². The van der Waals surface area contributed by atoms with Crippen molar-refractivity contribution in [1.29, 1.82) is 0 Å². The number of benzene rings is 1. The van der Waals surface area contributed by atoms with Crippen molar-refractivity contribution in [1.82, 2.24) is 0 Å². The summed E-state index contributed by atoms with van der Waals surface area (Å²) in [5, 5.41) is 3.51. The fraction of sp³-hybridized carbons (Fsp3) is 0.273. The van der Waals surface area contributed by atoms with Gasteiger partial charge in [0.1, 0.15) is 0 Å². The molecule has 0 N–H and O–H groups in total. The van der Waals surface area contributed by atoms with Crippen LogP contribution in [-0.2, 0) is 16.1 Å². The van der Waals surface area contributed by atoms with E-state index in [2.05, 4.69) is 5.16 Å². The van der Waals surface area contributed by atoms with Gasteiger partial charge in [0.25, 0.3) is 0 Å². The van der Waals surface area contributed by atoms with Crippen LogP contribution in [0.3, 0.4) is 0 Å². The van der Waals surface area contributed by atoms with Gasteiger partial charge in [-0.15, -0.1) is 0 Å². The first-order chi connectivity index (χ1) is 6.83. The molecular weight excluding hydrogens is 178 g/mol. The number of hydrogen-bond acceptors (Lipinski definition) is 3. The van der Waals surface area contributed by atoms with Gasteiger partial charge in [-0.1, -0.05) is 35.5 Å². The molecule has 74 valence electrons. The molecule has 0 saturated carbocycles. The average Bonchev–Trinajstić information content (AvgIpc) is 2.20. The van der Waals surface area contributed by atoms with Crippen LogP contribution in [0.2, 0.25) is 0 Å². The van der Waals surface area contributed by atoms with Crippen molar-refractivity contribution in [3.8, 4) is 0 Å². The van der Waals surface area contributed by atoms with E-state index >= 15 is 0 Å². The van der Waals surface area contributed by atoms with Crippen molar-refractivity contribution in [2.75, 3.05) is 6.61 Å². The molecule has 0 heterocycles. The summed E-state index contributed by atoms with van der Waals surface area (Å²) in [4.78, 5) is 16.0. The molecule has 3 nitrogen and oxygen atoms in total. The van der Waals surface area contributed by atoms with Gasteiger partial charge in [0.05, 0.1) is 0 Å². The zero-order valence-electron chi connectivity index (χ0n) is 8.14. The maximum Gasteiger partial charge on any atom is 0.177 e. The molecule has 0 aromatic heterocycles. The summed E-state index contributed by atoms with van der Waals surface area (Å²) in [6.45, 7) is 1.78. The number of carbonyl (C=O) groups is 1. The average molecular weight is 191 g/mol. The summed E-state index contributed by atoms with van der Waals surface area (Å²) in [6.07, 6.45) is 1.91. The number of hydrogen-bond donors (Lipinski definition) is 0. The zero-order valence-corrected chi connectivity index (χ0v) is 8.14. The molecule has 0 unspecified atom stereocenters. The van der Waals surface area contributed by atoms with E-state index in [0.29, 0.717) is 6.42 Å². The highest BCUT2D eigenvalue weighted by Gasteiger charge is 2.02. The van der Waals surface area contributed by atoms with Crippen molar-refractivity contribution < 1.29 is 9.63 Å². The standard InChI is InChI=1S/C11H13NO2/c1-2-12-14-9-11(13)8-10-6-4-3-5-7-10/h2-7H,8-9H2,1H3/b12-2+. The molecule has 0 saturated heterocycles. The van der Waals surface area contributed by atoms with Crippen molar-refractivity contribution in [2.45, 2.75) is 13.3 Å². The molecule has 1 aromatic carbocycles. The maximum absolute atomic E-state index is 11.3. The number of Topliss-reactive ketones (excluding diaryl/α,β-unsaturated/α-hetero) is 1. The first-order valence-electron chi connectivity index (χ1n) is 4.48. The van der Waals surface area contributed by atoms with Crippen LogP contribution in [0.5, 0.6) is 0 Å². The third kappa shape index (κ3) is 3.85. The Kier molecular flexibility index (Phi) is 4.41. The summed E-state index contributed by atoms with van der Waals surface area (Å²) in [6, 6.07) is 9.58. The van der Waals surface area contributed by atoms with E-state index in [0.717, 1.165) is 5.56 Å². The number of nitrogens with zero attached hydrogens (tertiary/aromatic N) is 1. The molecule has 14 heavy (non-hydrogen) atoms. The highest BCUT2D eigenvalue weighted by Crippen LogP contribution is 2.00. The smallest absolute Gasteiger partial charge is 0.177 e. The van der Waals surface area contributed by atoms with Gasteiger partial charge in [-0.25, -0.2) is 0 Å². The summed E-state index contributed by atoms with van der Waals surface area (Å²) < 4.78 is 0. The largest absolute Gasteiger partial charge is 0.388 e. The number of oxime groups is 1. The molecule has 0 spiro atoms. The molecule has 0 bridgehead atoms. The summed E-state index contributed by atoms with van der Waals surface area (Å²) in [5.41, 5.74) is 1.00. The van der Waals surface area contributed by atoms with E-state index in [4.69, 9.17) is 4.84 Å². The van der Waals surface area contributed by atoms with Gasteiger partial charge in [-0.05, 0) is 12.5 Å². The van der Waals surface area contributed by atoms with E-state index in [1.165, 1.54) is 6.21 Å². The molecular formula is C11H13NO2. The van der Waals surface area contributed by atoms with Crippen LogP contribution < -0.4 is 0 Å². The second-order valence-electron chi connectivity index (χ2n) is 2.84. The molecule has 0 radical (unpaired) electrons. The first kappa shape index (κ1) is 10.4. The molecule has 1 aromatic rings. The predicted molar refractivity (Wildman–Crippen MR) is 55.3 cm³/mol. The molecule has 1 rings (SSSR count). The summed E-state index contributed by atoms with van der Waals surface area (Å²) >= 11 is 0. The van der Waals surface area contributed by atoms with Crippen LogP contribution in [0.4, 0.5) is 0 Å². The Bertz CT molecular complexity index is 306. The van der Waals surface area contributed by atoms with Crippen molar-refractivity contribution in [3.63, 3.8) is 0 Å². The molecule has 0 aliphatic rings. The molecule has 0 aliphatic carbocycles. The van der Waals surface area contributed by atoms with Gasteiger partial charge in [-0.3, -0.25) is 4.79 Å².